The SMILES string of the molecule is CCN(C(=O)C[C@@H]1CC[C@H](NC(=O)OCC2c3ccccc3-c3ccccc32)C1)C(C)CC(=O)O. The molecule has 3 atom stereocenters. The molecule has 0 aromatic heterocycles. The highest BCUT2D eigenvalue weighted by Gasteiger charge is 2.32. The van der Waals surface area contributed by atoms with Gasteiger partial charge in [-0.2, -0.15) is 0 Å². The van der Waals surface area contributed by atoms with Crippen LogP contribution in [0.25, 0.3) is 11.1 Å². The van der Waals surface area contributed by atoms with E-state index in [1.54, 1.807) is 11.8 Å². The molecule has 2 aromatic rings. The van der Waals surface area contributed by atoms with Crippen LogP contribution in [0.4, 0.5) is 4.79 Å². The first-order valence-electron chi connectivity index (χ1n) is 12.5. The number of benzene rings is 2. The molecular formula is C28H34N2O5. The third-order valence-electron chi connectivity index (χ3n) is 7.33. The van der Waals surface area contributed by atoms with E-state index in [-0.39, 0.29) is 42.9 Å². The molecule has 2 aliphatic carbocycles. The van der Waals surface area contributed by atoms with Crippen molar-refractivity contribution in [1.29, 1.82) is 0 Å². The van der Waals surface area contributed by atoms with Gasteiger partial charge in [0.25, 0.3) is 0 Å². The fourth-order valence-electron chi connectivity index (χ4n) is 5.66. The Morgan fingerprint density at radius 3 is 2.29 bits per heavy atom. The molecule has 7 nitrogen and oxygen atoms in total. The molecular weight excluding hydrogens is 444 g/mol. The number of ether oxygens (including phenoxy) is 1. The average molecular weight is 479 g/mol. The van der Waals surface area contributed by atoms with E-state index < -0.39 is 12.1 Å². The van der Waals surface area contributed by atoms with Gasteiger partial charge < -0.3 is 20.1 Å². The second-order valence-corrected chi connectivity index (χ2v) is 9.68. The summed E-state index contributed by atoms with van der Waals surface area (Å²) in [6.45, 7) is 4.40. The number of nitrogens with one attached hydrogen (secondary N) is 1. The standard InChI is InChI=1S/C28H34N2O5/c1-3-30(18(2)14-27(32)33)26(31)16-19-12-13-20(15-19)29-28(34)35-17-25-23-10-6-4-8-21(23)22-9-5-7-11-24(22)25/h4-11,18-20,25H,3,12-17H2,1-2H3,(H,29,34)(H,32,33)/t18?,19-,20+/m1/s1. The number of carbonyl (C=O) groups is 3. The number of nitrogens with zero attached hydrogens (tertiary/aromatic N) is 1. The highest BCUT2D eigenvalue weighted by atomic mass is 16.5. The molecule has 0 saturated heterocycles. The third kappa shape index (κ3) is 5.66. The van der Waals surface area contributed by atoms with Crippen molar-refractivity contribution in [3.8, 4) is 11.1 Å². The van der Waals surface area contributed by atoms with E-state index in [4.69, 9.17) is 9.84 Å². The number of alkyl carbamates (subject to hydrolysis) is 1. The summed E-state index contributed by atoms with van der Waals surface area (Å²) in [5, 5.41) is 12.0. The van der Waals surface area contributed by atoms with Gasteiger partial charge in [0.15, 0.2) is 0 Å². The van der Waals surface area contributed by atoms with E-state index in [1.807, 2.05) is 31.2 Å². The lowest BCUT2D eigenvalue weighted by Gasteiger charge is -2.28. The van der Waals surface area contributed by atoms with Crippen molar-refractivity contribution >= 4 is 18.0 Å². The molecule has 0 spiro atoms. The van der Waals surface area contributed by atoms with E-state index in [9.17, 15) is 14.4 Å². The Kier molecular flexibility index (Phi) is 7.73. The zero-order valence-corrected chi connectivity index (χ0v) is 20.4. The van der Waals surface area contributed by atoms with Crippen LogP contribution in [0, 0.1) is 5.92 Å². The van der Waals surface area contributed by atoms with Gasteiger partial charge in [-0.05, 0) is 61.3 Å². The number of rotatable bonds is 9. The van der Waals surface area contributed by atoms with Crippen molar-refractivity contribution in [3.05, 3.63) is 59.7 Å². The highest BCUT2D eigenvalue weighted by molar-refractivity contribution is 5.79. The van der Waals surface area contributed by atoms with Gasteiger partial charge >= 0.3 is 12.1 Å². The van der Waals surface area contributed by atoms with Crippen molar-refractivity contribution in [2.75, 3.05) is 13.2 Å². The first-order valence-corrected chi connectivity index (χ1v) is 12.5. The van der Waals surface area contributed by atoms with Crippen LogP contribution in [0.3, 0.4) is 0 Å². The summed E-state index contributed by atoms with van der Waals surface area (Å²) in [5.74, 6) is -0.729. The maximum absolute atomic E-state index is 12.8. The fraction of sp³-hybridized carbons (Fsp3) is 0.464. The Labute approximate surface area is 206 Å². The lowest BCUT2D eigenvalue weighted by Crippen LogP contribution is -2.40. The maximum Gasteiger partial charge on any atom is 0.407 e. The molecule has 0 radical (unpaired) electrons. The number of hydrogen-bond donors (Lipinski definition) is 2. The normalized spacial score (nSPS) is 19.5. The summed E-state index contributed by atoms with van der Waals surface area (Å²) in [5.41, 5.74) is 4.75. The summed E-state index contributed by atoms with van der Waals surface area (Å²) < 4.78 is 5.66. The third-order valence-corrected chi connectivity index (χ3v) is 7.33. The zero-order chi connectivity index (χ0) is 24.9. The molecule has 0 bridgehead atoms. The smallest absolute Gasteiger partial charge is 0.407 e. The van der Waals surface area contributed by atoms with Gasteiger partial charge in [0, 0.05) is 31.0 Å². The highest BCUT2D eigenvalue weighted by Crippen LogP contribution is 2.44. The topological polar surface area (TPSA) is 95.9 Å². The maximum atomic E-state index is 12.8. The Hall–Kier alpha value is -3.35. The Bertz CT molecular complexity index is 1040. The Morgan fingerprint density at radius 2 is 1.69 bits per heavy atom. The van der Waals surface area contributed by atoms with Crippen molar-refractivity contribution in [2.45, 2.75) is 64.0 Å². The molecule has 186 valence electrons. The van der Waals surface area contributed by atoms with Crippen molar-refractivity contribution < 1.29 is 24.2 Å². The predicted molar refractivity (Wildman–Crippen MR) is 133 cm³/mol. The minimum Gasteiger partial charge on any atom is -0.481 e. The van der Waals surface area contributed by atoms with E-state index >= 15 is 0 Å². The van der Waals surface area contributed by atoms with Crippen LogP contribution >= 0.6 is 0 Å². The van der Waals surface area contributed by atoms with Crippen LogP contribution in [-0.4, -0.2) is 53.2 Å². The van der Waals surface area contributed by atoms with Crippen LogP contribution in [-0.2, 0) is 14.3 Å². The Morgan fingerprint density at radius 1 is 1.06 bits per heavy atom. The van der Waals surface area contributed by atoms with Crippen molar-refractivity contribution in [3.63, 3.8) is 0 Å². The van der Waals surface area contributed by atoms with Gasteiger partial charge in [0.1, 0.15) is 6.61 Å². The molecule has 1 unspecified atom stereocenters. The summed E-state index contributed by atoms with van der Waals surface area (Å²) in [4.78, 5) is 38.0. The molecule has 1 fully saturated rings. The minimum absolute atomic E-state index is 0.0185. The predicted octanol–water partition coefficient (Wildman–Crippen LogP) is 4.80. The molecule has 35 heavy (non-hydrogen) atoms. The summed E-state index contributed by atoms with van der Waals surface area (Å²) in [6, 6.07) is 16.1. The number of carboxylic acids is 1. The quantitative estimate of drug-likeness (QED) is 0.540. The first-order chi connectivity index (χ1) is 16.9. The second-order valence-electron chi connectivity index (χ2n) is 9.68. The van der Waals surface area contributed by atoms with Crippen LogP contribution < -0.4 is 5.32 Å². The number of carboxylic acid groups (broad SMARTS) is 1. The number of fused-ring (bicyclic) bond motifs is 3. The van der Waals surface area contributed by atoms with Gasteiger partial charge in [0.2, 0.25) is 5.91 Å². The second kappa shape index (κ2) is 10.9. The molecule has 2 N–H and O–H groups in total. The van der Waals surface area contributed by atoms with Gasteiger partial charge in [-0.1, -0.05) is 48.5 Å². The van der Waals surface area contributed by atoms with Gasteiger partial charge in [-0.15, -0.1) is 0 Å². The van der Waals surface area contributed by atoms with Crippen molar-refractivity contribution in [2.24, 2.45) is 5.92 Å². The van der Waals surface area contributed by atoms with E-state index in [2.05, 4.69) is 29.6 Å². The number of hydrogen-bond acceptors (Lipinski definition) is 4. The molecule has 0 aliphatic heterocycles. The lowest BCUT2D eigenvalue weighted by molar-refractivity contribution is -0.140. The Balaban J connectivity index is 1.27. The molecule has 2 aromatic carbocycles. The van der Waals surface area contributed by atoms with Gasteiger partial charge in [-0.3, -0.25) is 9.59 Å². The number of aliphatic carboxylic acids is 1. The monoisotopic (exact) mass is 478 g/mol. The lowest BCUT2D eigenvalue weighted by atomic mass is 9.98. The van der Waals surface area contributed by atoms with Gasteiger partial charge in [-0.25, -0.2) is 4.79 Å². The molecule has 2 amide bonds. The van der Waals surface area contributed by atoms with E-state index in [0.29, 0.717) is 13.0 Å². The van der Waals surface area contributed by atoms with Crippen LogP contribution in [0.2, 0.25) is 0 Å². The van der Waals surface area contributed by atoms with Crippen molar-refractivity contribution in [1.82, 2.24) is 10.2 Å². The molecule has 4 rings (SSSR count). The summed E-state index contributed by atoms with van der Waals surface area (Å²) in [6.07, 6.45) is 2.27. The fourth-order valence-corrected chi connectivity index (χ4v) is 5.66. The van der Waals surface area contributed by atoms with Crippen LogP contribution in [0.15, 0.2) is 48.5 Å². The molecule has 1 saturated carbocycles. The molecule has 0 heterocycles. The molecule has 2 aliphatic rings. The van der Waals surface area contributed by atoms with E-state index in [0.717, 1.165) is 19.3 Å². The van der Waals surface area contributed by atoms with Crippen LogP contribution in [0.5, 0.6) is 0 Å². The minimum atomic E-state index is -0.906. The largest absolute Gasteiger partial charge is 0.481 e. The summed E-state index contributed by atoms with van der Waals surface area (Å²) in [7, 11) is 0. The zero-order valence-electron chi connectivity index (χ0n) is 20.4. The van der Waals surface area contributed by atoms with Crippen LogP contribution in [0.1, 0.15) is 63.0 Å². The summed E-state index contributed by atoms with van der Waals surface area (Å²) >= 11 is 0. The van der Waals surface area contributed by atoms with E-state index in [1.165, 1.54) is 22.3 Å². The number of amides is 2. The molecule has 7 heteroatoms. The van der Waals surface area contributed by atoms with Gasteiger partial charge in [0.05, 0.1) is 6.42 Å². The first kappa shape index (κ1) is 24.8. The number of carbonyl (C=O) groups excluding carboxylic acids is 2. The average Bonchev–Trinajstić information content (AvgIpc) is 3.39.